The van der Waals surface area contributed by atoms with Crippen molar-refractivity contribution in [2.75, 3.05) is 12.3 Å². The molecule has 0 bridgehead atoms. The molecule has 2 N–H and O–H groups in total. The third kappa shape index (κ3) is 3.14. The van der Waals surface area contributed by atoms with Crippen molar-refractivity contribution >= 4 is 11.6 Å². The van der Waals surface area contributed by atoms with Gasteiger partial charge in [-0.25, -0.2) is 0 Å². The summed E-state index contributed by atoms with van der Waals surface area (Å²) in [5.41, 5.74) is 9.03. The fourth-order valence-electron chi connectivity index (χ4n) is 3.23. The van der Waals surface area contributed by atoms with Gasteiger partial charge in [-0.3, -0.25) is 4.79 Å². The molecule has 1 fully saturated rings. The molecular weight excluding hydrogens is 272 g/mol. The highest BCUT2D eigenvalue weighted by Crippen LogP contribution is 2.32. The van der Waals surface area contributed by atoms with Crippen molar-refractivity contribution in [1.82, 2.24) is 4.90 Å². The van der Waals surface area contributed by atoms with Crippen LogP contribution in [0.3, 0.4) is 0 Å². The number of nitrogens with zero attached hydrogens (tertiary/aromatic N) is 1. The van der Waals surface area contributed by atoms with Gasteiger partial charge in [0.25, 0.3) is 0 Å². The van der Waals surface area contributed by atoms with Crippen LogP contribution >= 0.6 is 0 Å². The molecule has 1 atom stereocenters. The number of carbonyl (C=O) groups is 1. The Hall–Kier alpha value is -2.29. The number of carbonyl (C=O) groups excluding carboxylic acids is 1. The van der Waals surface area contributed by atoms with Crippen LogP contribution in [0.1, 0.15) is 36.4 Å². The Morgan fingerprint density at radius 2 is 1.82 bits per heavy atom. The number of amides is 1. The van der Waals surface area contributed by atoms with Crippen LogP contribution < -0.4 is 5.73 Å². The van der Waals surface area contributed by atoms with E-state index in [1.54, 1.807) is 0 Å². The number of aryl methyl sites for hydroxylation is 1. The van der Waals surface area contributed by atoms with E-state index in [9.17, 15) is 4.79 Å². The van der Waals surface area contributed by atoms with Crippen LogP contribution in [0.2, 0.25) is 0 Å². The van der Waals surface area contributed by atoms with E-state index in [1.165, 1.54) is 5.56 Å². The summed E-state index contributed by atoms with van der Waals surface area (Å²) in [7, 11) is 0. The lowest BCUT2D eigenvalue weighted by molar-refractivity contribution is -0.132. The molecule has 0 spiro atoms. The third-order valence-corrected chi connectivity index (χ3v) is 4.42. The summed E-state index contributed by atoms with van der Waals surface area (Å²) >= 11 is 0. The molecule has 1 saturated heterocycles. The zero-order chi connectivity index (χ0) is 15.4. The van der Waals surface area contributed by atoms with Crippen LogP contribution in [0, 0.1) is 0 Å². The molecule has 1 heterocycles. The van der Waals surface area contributed by atoms with Crippen LogP contribution in [0.5, 0.6) is 0 Å². The predicted octanol–water partition coefficient (Wildman–Crippen LogP) is 3.57. The standard InChI is InChI=1S/C19H22N2O/c20-17-10-5-4-7-15(17)12-13-19(22)21-14-6-11-18(21)16-8-2-1-3-9-16/h1-5,7-10,18H,6,11-14,20H2. The lowest BCUT2D eigenvalue weighted by atomic mass is 10.0. The van der Waals surface area contributed by atoms with Gasteiger partial charge in [0, 0.05) is 18.7 Å². The predicted molar refractivity (Wildman–Crippen MR) is 89.3 cm³/mol. The first-order valence-corrected chi connectivity index (χ1v) is 7.93. The van der Waals surface area contributed by atoms with Crippen molar-refractivity contribution in [1.29, 1.82) is 0 Å². The molecule has 114 valence electrons. The van der Waals surface area contributed by atoms with E-state index >= 15 is 0 Å². The number of nitrogen functional groups attached to an aromatic ring is 1. The Kier molecular flexibility index (Phi) is 4.42. The Bertz CT molecular complexity index is 639. The first-order valence-electron chi connectivity index (χ1n) is 7.93. The van der Waals surface area contributed by atoms with E-state index in [2.05, 4.69) is 12.1 Å². The summed E-state index contributed by atoms with van der Waals surface area (Å²) in [6, 6.07) is 18.4. The lowest BCUT2D eigenvalue weighted by Crippen LogP contribution is -2.30. The molecule has 1 aliphatic rings. The van der Waals surface area contributed by atoms with E-state index < -0.39 is 0 Å². The van der Waals surface area contributed by atoms with Crippen LogP contribution in [-0.2, 0) is 11.2 Å². The molecule has 1 unspecified atom stereocenters. The van der Waals surface area contributed by atoms with Gasteiger partial charge in [0.15, 0.2) is 0 Å². The van der Waals surface area contributed by atoms with Gasteiger partial charge >= 0.3 is 0 Å². The van der Waals surface area contributed by atoms with E-state index in [-0.39, 0.29) is 11.9 Å². The number of para-hydroxylation sites is 1. The monoisotopic (exact) mass is 294 g/mol. The zero-order valence-corrected chi connectivity index (χ0v) is 12.7. The molecule has 22 heavy (non-hydrogen) atoms. The second-order valence-electron chi connectivity index (χ2n) is 5.85. The molecule has 1 aliphatic heterocycles. The Morgan fingerprint density at radius 3 is 2.59 bits per heavy atom. The number of likely N-dealkylation sites (tertiary alicyclic amines) is 1. The molecule has 0 aromatic heterocycles. The third-order valence-electron chi connectivity index (χ3n) is 4.42. The van der Waals surface area contributed by atoms with Crippen LogP contribution in [-0.4, -0.2) is 17.4 Å². The maximum Gasteiger partial charge on any atom is 0.223 e. The summed E-state index contributed by atoms with van der Waals surface area (Å²) in [4.78, 5) is 14.6. The van der Waals surface area contributed by atoms with Gasteiger partial charge in [0.05, 0.1) is 6.04 Å². The first-order chi connectivity index (χ1) is 10.8. The maximum atomic E-state index is 12.6. The van der Waals surface area contributed by atoms with E-state index in [0.717, 1.165) is 30.6 Å². The lowest BCUT2D eigenvalue weighted by Gasteiger charge is -2.25. The number of hydrogen-bond donors (Lipinski definition) is 1. The number of hydrogen-bond acceptors (Lipinski definition) is 2. The van der Waals surface area contributed by atoms with E-state index in [0.29, 0.717) is 12.8 Å². The van der Waals surface area contributed by atoms with Crippen molar-refractivity contribution in [3.63, 3.8) is 0 Å². The average Bonchev–Trinajstić information content (AvgIpc) is 3.04. The van der Waals surface area contributed by atoms with E-state index in [1.807, 2.05) is 47.4 Å². The molecule has 3 heteroatoms. The summed E-state index contributed by atoms with van der Waals surface area (Å²) in [5.74, 6) is 0.231. The molecule has 0 radical (unpaired) electrons. The summed E-state index contributed by atoms with van der Waals surface area (Å²) < 4.78 is 0. The highest BCUT2D eigenvalue weighted by atomic mass is 16.2. The van der Waals surface area contributed by atoms with Gasteiger partial charge in [-0.1, -0.05) is 48.5 Å². The van der Waals surface area contributed by atoms with Crippen LogP contribution in [0.15, 0.2) is 54.6 Å². The van der Waals surface area contributed by atoms with Crippen molar-refractivity contribution in [3.8, 4) is 0 Å². The van der Waals surface area contributed by atoms with Gasteiger partial charge in [-0.2, -0.15) is 0 Å². The second-order valence-corrected chi connectivity index (χ2v) is 5.85. The maximum absolute atomic E-state index is 12.6. The largest absolute Gasteiger partial charge is 0.399 e. The normalized spacial score (nSPS) is 17.6. The van der Waals surface area contributed by atoms with Gasteiger partial charge in [-0.15, -0.1) is 0 Å². The number of anilines is 1. The number of benzene rings is 2. The molecule has 2 aromatic rings. The molecule has 0 saturated carbocycles. The Balaban J connectivity index is 1.65. The van der Waals surface area contributed by atoms with Gasteiger partial charge in [0.1, 0.15) is 0 Å². The fourth-order valence-corrected chi connectivity index (χ4v) is 3.23. The van der Waals surface area contributed by atoms with Crippen LogP contribution in [0.4, 0.5) is 5.69 Å². The molecule has 3 nitrogen and oxygen atoms in total. The molecule has 2 aromatic carbocycles. The van der Waals surface area contributed by atoms with Crippen LogP contribution in [0.25, 0.3) is 0 Å². The zero-order valence-electron chi connectivity index (χ0n) is 12.7. The fraction of sp³-hybridized carbons (Fsp3) is 0.316. The SMILES string of the molecule is Nc1ccccc1CCC(=O)N1CCCC1c1ccccc1. The smallest absolute Gasteiger partial charge is 0.223 e. The summed E-state index contributed by atoms with van der Waals surface area (Å²) in [6.45, 7) is 0.864. The Labute approximate surface area is 131 Å². The molecular formula is C19H22N2O. The topological polar surface area (TPSA) is 46.3 Å². The first kappa shape index (κ1) is 14.6. The molecule has 0 aliphatic carbocycles. The highest BCUT2D eigenvalue weighted by molar-refractivity contribution is 5.77. The number of nitrogens with two attached hydrogens (primary N) is 1. The molecule has 3 rings (SSSR count). The minimum Gasteiger partial charge on any atom is -0.399 e. The summed E-state index contributed by atoms with van der Waals surface area (Å²) in [5, 5.41) is 0. The van der Waals surface area contributed by atoms with Crippen molar-refractivity contribution in [2.24, 2.45) is 0 Å². The minimum atomic E-state index is 0.231. The van der Waals surface area contributed by atoms with Gasteiger partial charge in [-0.05, 0) is 36.5 Å². The number of rotatable bonds is 4. The summed E-state index contributed by atoms with van der Waals surface area (Å²) in [6.07, 6.45) is 3.38. The van der Waals surface area contributed by atoms with Crippen molar-refractivity contribution < 1.29 is 4.79 Å². The van der Waals surface area contributed by atoms with E-state index in [4.69, 9.17) is 5.73 Å². The quantitative estimate of drug-likeness (QED) is 0.876. The van der Waals surface area contributed by atoms with Crippen molar-refractivity contribution in [2.45, 2.75) is 31.7 Å². The second kappa shape index (κ2) is 6.65. The van der Waals surface area contributed by atoms with Crippen molar-refractivity contribution in [3.05, 3.63) is 65.7 Å². The van der Waals surface area contributed by atoms with Gasteiger partial charge in [0.2, 0.25) is 5.91 Å². The minimum absolute atomic E-state index is 0.231. The average molecular weight is 294 g/mol. The highest BCUT2D eigenvalue weighted by Gasteiger charge is 2.29. The Morgan fingerprint density at radius 1 is 1.09 bits per heavy atom. The molecule has 1 amide bonds. The van der Waals surface area contributed by atoms with Gasteiger partial charge < -0.3 is 10.6 Å².